The molecule has 1 amide bonds. The third-order valence-electron chi connectivity index (χ3n) is 4.75. The van der Waals surface area contributed by atoms with E-state index in [0.717, 1.165) is 5.56 Å². The quantitative estimate of drug-likeness (QED) is 0.257. The van der Waals surface area contributed by atoms with Gasteiger partial charge in [0.15, 0.2) is 5.16 Å². The lowest BCUT2D eigenvalue weighted by Crippen LogP contribution is -2.26. The Balaban J connectivity index is 1.62. The van der Waals surface area contributed by atoms with Gasteiger partial charge in [-0.05, 0) is 36.8 Å². The van der Waals surface area contributed by atoms with Gasteiger partial charge in [-0.1, -0.05) is 48.0 Å². The second-order valence-corrected chi connectivity index (χ2v) is 9.10. The maximum Gasteiger partial charge on any atom is 0.303 e. The maximum absolute atomic E-state index is 12.9. The first-order chi connectivity index (χ1) is 14.9. The van der Waals surface area contributed by atoms with E-state index in [1.54, 1.807) is 10.6 Å². The monoisotopic (exact) mass is 459 g/mol. The zero-order chi connectivity index (χ0) is 22.2. The highest BCUT2D eigenvalue weighted by Crippen LogP contribution is 2.21. The number of aliphatic carboxylic acids is 1. The molecule has 3 rings (SSSR count). The van der Waals surface area contributed by atoms with Crippen molar-refractivity contribution in [1.82, 2.24) is 14.9 Å². The summed E-state index contributed by atoms with van der Waals surface area (Å²) in [7, 11) is 0. The van der Waals surface area contributed by atoms with Gasteiger partial charge in [-0.25, -0.2) is 4.98 Å². The van der Waals surface area contributed by atoms with Crippen LogP contribution in [-0.2, 0) is 22.7 Å². The van der Waals surface area contributed by atoms with Crippen molar-refractivity contribution in [2.24, 2.45) is 0 Å². The molecule has 3 aromatic rings. The van der Waals surface area contributed by atoms with Crippen LogP contribution >= 0.6 is 23.1 Å². The van der Waals surface area contributed by atoms with Gasteiger partial charge in [0.25, 0.3) is 5.56 Å². The van der Waals surface area contributed by atoms with Crippen molar-refractivity contribution in [2.75, 3.05) is 5.75 Å². The van der Waals surface area contributed by atoms with Crippen molar-refractivity contribution >= 4 is 45.2 Å². The van der Waals surface area contributed by atoms with Crippen molar-refractivity contribution in [3.8, 4) is 0 Å². The maximum atomic E-state index is 12.9. The number of thioether (sulfide) groups is 1. The number of carboxylic acids is 1. The van der Waals surface area contributed by atoms with Crippen LogP contribution < -0.4 is 10.9 Å². The van der Waals surface area contributed by atoms with Crippen LogP contribution in [0.4, 0.5) is 0 Å². The number of nitrogens with one attached hydrogen (secondary N) is 1. The van der Waals surface area contributed by atoms with E-state index in [2.05, 4.69) is 10.3 Å². The largest absolute Gasteiger partial charge is 0.481 e. The number of fused-ring (bicyclic) bond motifs is 1. The Bertz CT molecular complexity index is 1110. The Kier molecular flexibility index (Phi) is 8.25. The summed E-state index contributed by atoms with van der Waals surface area (Å²) in [6.45, 7) is 2.92. The van der Waals surface area contributed by atoms with Gasteiger partial charge >= 0.3 is 5.97 Å². The van der Waals surface area contributed by atoms with E-state index in [9.17, 15) is 14.4 Å². The summed E-state index contributed by atoms with van der Waals surface area (Å²) in [5.41, 5.74) is 2.72. The number of amides is 1. The van der Waals surface area contributed by atoms with Crippen LogP contribution in [0.25, 0.3) is 10.2 Å². The molecule has 0 fully saturated rings. The lowest BCUT2D eigenvalue weighted by molar-refractivity contribution is -0.137. The number of carbonyl (C=O) groups is 2. The highest BCUT2D eigenvalue weighted by atomic mass is 32.2. The minimum Gasteiger partial charge on any atom is -0.481 e. The lowest BCUT2D eigenvalue weighted by Gasteiger charge is -2.12. The first-order valence-electron chi connectivity index (χ1n) is 10.1. The van der Waals surface area contributed by atoms with Crippen LogP contribution in [0.2, 0.25) is 0 Å². The number of aryl methyl sites for hydroxylation is 1. The molecule has 0 aliphatic heterocycles. The predicted molar refractivity (Wildman–Crippen MR) is 124 cm³/mol. The smallest absolute Gasteiger partial charge is 0.303 e. The Morgan fingerprint density at radius 3 is 2.68 bits per heavy atom. The van der Waals surface area contributed by atoms with E-state index in [-0.39, 0.29) is 23.6 Å². The number of hydrogen-bond donors (Lipinski definition) is 2. The zero-order valence-electron chi connectivity index (χ0n) is 17.3. The molecule has 0 radical (unpaired) electrons. The SMILES string of the molecule is Cc1ccc(CNC(=O)CSc2nc3ccsc3c(=O)n2CCCCCC(=O)O)cc1. The molecule has 0 bridgehead atoms. The summed E-state index contributed by atoms with van der Waals surface area (Å²) in [6.07, 6.45) is 2.09. The molecule has 31 heavy (non-hydrogen) atoms. The Labute approximate surface area is 188 Å². The molecule has 2 heterocycles. The van der Waals surface area contributed by atoms with E-state index in [4.69, 9.17) is 5.11 Å². The first kappa shape index (κ1) is 23.0. The topological polar surface area (TPSA) is 101 Å². The number of nitrogens with zero attached hydrogens (tertiary/aromatic N) is 2. The number of carboxylic acid groups (broad SMARTS) is 1. The summed E-state index contributed by atoms with van der Waals surface area (Å²) < 4.78 is 2.20. The summed E-state index contributed by atoms with van der Waals surface area (Å²) in [6, 6.07) is 9.78. The molecule has 0 spiro atoms. The summed E-state index contributed by atoms with van der Waals surface area (Å²) >= 11 is 2.60. The van der Waals surface area contributed by atoms with Gasteiger partial charge in [0, 0.05) is 19.5 Å². The third kappa shape index (κ3) is 6.67. The van der Waals surface area contributed by atoms with Crippen LogP contribution in [0.15, 0.2) is 45.7 Å². The van der Waals surface area contributed by atoms with Gasteiger partial charge in [0.05, 0.1) is 11.3 Å². The highest BCUT2D eigenvalue weighted by Gasteiger charge is 2.14. The molecule has 7 nitrogen and oxygen atoms in total. The molecule has 0 saturated carbocycles. The fourth-order valence-electron chi connectivity index (χ4n) is 3.04. The molecule has 0 atom stereocenters. The van der Waals surface area contributed by atoms with Crippen LogP contribution in [0.1, 0.15) is 36.8 Å². The second kappa shape index (κ2) is 11.1. The minimum atomic E-state index is -0.813. The molecule has 0 unspecified atom stereocenters. The first-order valence-corrected chi connectivity index (χ1v) is 12.0. The van der Waals surface area contributed by atoms with Crippen LogP contribution in [-0.4, -0.2) is 32.3 Å². The molecular formula is C22H25N3O4S2. The van der Waals surface area contributed by atoms with Crippen LogP contribution in [0.3, 0.4) is 0 Å². The van der Waals surface area contributed by atoms with Crippen LogP contribution in [0, 0.1) is 6.92 Å². The average Bonchev–Trinajstić information content (AvgIpc) is 3.22. The molecule has 164 valence electrons. The molecule has 2 aromatic heterocycles. The molecular weight excluding hydrogens is 434 g/mol. The van der Waals surface area contributed by atoms with E-state index in [1.165, 1.54) is 28.7 Å². The second-order valence-electron chi connectivity index (χ2n) is 7.24. The van der Waals surface area contributed by atoms with Crippen LogP contribution in [0.5, 0.6) is 0 Å². The van der Waals surface area contributed by atoms with Gasteiger partial charge in [-0.15, -0.1) is 11.3 Å². The zero-order valence-corrected chi connectivity index (χ0v) is 18.9. The van der Waals surface area contributed by atoms with Crippen molar-refractivity contribution in [2.45, 2.75) is 50.9 Å². The van der Waals surface area contributed by atoms with Crippen molar-refractivity contribution < 1.29 is 14.7 Å². The number of benzene rings is 1. The summed E-state index contributed by atoms with van der Waals surface area (Å²) in [4.78, 5) is 40.5. The Morgan fingerprint density at radius 1 is 1.16 bits per heavy atom. The number of unbranched alkanes of at least 4 members (excludes halogenated alkanes) is 2. The number of aromatic nitrogens is 2. The van der Waals surface area contributed by atoms with E-state index >= 15 is 0 Å². The third-order valence-corrected chi connectivity index (χ3v) is 6.61. The van der Waals surface area contributed by atoms with Gasteiger partial charge < -0.3 is 10.4 Å². The summed E-state index contributed by atoms with van der Waals surface area (Å²) in [5.74, 6) is -0.780. The van der Waals surface area contributed by atoms with Gasteiger partial charge in [0.2, 0.25) is 5.91 Å². The standard InChI is InChI=1S/C22H25N3O4S2/c1-15-6-8-16(9-7-15)13-23-18(26)14-31-22-24-17-10-12-30-20(17)21(29)25(22)11-4-2-3-5-19(27)28/h6-10,12H,2-5,11,13-14H2,1H3,(H,23,26)(H,27,28). The number of rotatable bonds is 11. The van der Waals surface area contributed by atoms with Crippen molar-refractivity contribution in [3.05, 3.63) is 57.2 Å². The minimum absolute atomic E-state index is 0.110. The lowest BCUT2D eigenvalue weighted by atomic mass is 10.1. The van der Waals surface area contributed by atoms with Crippen molar-refractivity contribution in [3.63, 3.8) is 0 Å². The van der Waals surface area contributed by atoms with Gasteiger partial charge in [0.1, 0.15) is 4.70 Å². The molecule has 0 saturated heterocycles. The molecule has 0 aliphatic carbocycles. The normalized spacial score (nSPS) is 11.0. The van der Waals surface area contributed by atoms with Gasteiger partial charge in [-0.3, -0.25) is 19.0 Å². The molecule has 0 aliphatic rings. The average molecular weight is 460 g/mol. The highest BCUT2D eigenvalue weighted by molar-refractivity contribution is 7.99. The number of carbonyl (C=O) groups excluding carboxylic acids is 1. The molecule has 2 N–H and O–H groups in total. The Morgan fingerprint density at radius 2 is 1.94 bits per heavy atom. The number of hydrogen-bond acceptors (Lipinski definition) is 6. The van der Waals surface area contributed by atoms with E-state index in [0.29, 0.717) is 47.7 Å². The fraction of sp³-hybridized carbons (Fsp3) is 0.364. The van der Waals surface area contributed by atoms with E-state index in [1.807, 2.05) is 36.6 Å². The predicted octanol–water partition coefficient (Wildman–Crippen LogP) is 3.82. The van der Waals surface area contributed by atoms with E-state index < -0.39 is 5.97 Å². The number of thiophene rings is 1. The Hall–Kier alpha value is -2.65. The fourth-order valence-corrected chi connectivity index (χ4v) is 4.68. The van der Waals surface area contributed by atoms with Crippen molar-refractivity contribution in [1.29, 1.82) is 0 Å². The van der Waals surface area contributed by atoms with Gasteiger partial charge in [-0.2, -0.15) is 0 Å². The molecule has 9 heteroatoms. The summed E-state index contributed by atoms with van der Waals surface area (Å²) in [5, 5.41) is 14.0. The molecule has 1 aromatic carbocycles.